The number of hydrogen-bond donors (Lipinski definition) is 1. The molecule has 1 saturated carbocycles. The Balaban J connectivity index is 1.98. The molecule has 1 unspecified atom stereocenters. The van der Waals surface area contributed by atoms with E-state index in [2.05, 4.69) is 25.9 Å². The lowest BCUT2D eigenvalue weighted by molar-refractivity contribution is 0.102. The molecule has 0 aromatic carbocycles. The zero-order valence-corrected chi connectivity index (χ0v) is 9.77. The minimum Gasteiger partial charge on any atom is -0.392 e. The summed E-state index contributed by atoms with van der Waals surface area (Å²) in [5.41, 5.74) is 1.17. The SMILES string of the molecule is CC(C)n1ccc(CC(O)C2(C)CC2)n1. The Morgan fingerprint density at radius 2 is 2.20 bits per heavy atom. The van der Waals surface area contributed by atoms with Crippen molar-refractivity contribution in [1.82, 2.24) is 9.78 Å². The van der Waals surface area contributed by atoms with Gasteiger partial charge in [-0.2, -0.15) is 5.10 Å². The molecule has 0 aliphatic heterocycles. The third-order valence-corrected chi connectivity index (χ3v) is 3.44. The number of rotatable bonds is 4. The Morgan fingerprint density at radius 3 is 2.67 bits per heavy atom. The minimum absolute atomic E-state index is 0.168. The molecule has 1 aromatic heterocycles. The maximum Gasteiger partial charge on any atom is 0.0650 e. The van der Waals surface area contributed by atoms with Crippen LogP contribution in [-0.4, -0.2) is 21.0 Å². The van der Waals surface area contributed by atoms with E-state index in [4.69, 9.17) is 0 Å². The highest BCUT2D eigenvalue weighted by Gasteiger charge is 2.44. The van der Waals surface area contributed by atoms with Crippen LogP contribution in [0.4, 0.5) is 0 Å². The van der Waals surface area contributed by atoms with Gasteiger partial charge in [0, 0.05) is 18.7 Å². The lowest BCUT2D eigenvalue weighted by Crippen LogP contribution is -2.21. The van der Waals surface area contributed by atoms with Crippen molar-refractivity contribution in [3.05, 3.63) is 18.0 Å². The quantitative estimate of drug-likeness (QED) is 0.823. The highest BCUT2D eigenvalue weighted by Crippen LogP contribution is 2.48. The van der Waals surface area contributed by atoms with Crippen molar-refractivity contribution in [3.63, 3.8) is 0 Å². The van der Waals surface area contributed by atoms with E-state index >= 15 is 0 Å². The van der Waals surface area contributed by atoms with E-state index in [1.807, 2.05) is 16.9 Å². The van der Waals surface area contributed by atoms with Crippen molar-refractivity contribution >= 4 is 0 Å². The lowest BCUT2D eigenvalue weighted by atomic mass is 9.98. The Labute approximate surface area is 91.1 Å². The summed E-state index contributed by atoms with van der Waals surface area (Å²) in [4.78, 5) is 0. The zero-order chi connectivity index (χ0) is 11.1. The standard InChI is InChI=1S/C12H20N2O/c1-9(2)14-7-4-10(13-14)8-11(15)12(3)5-6-12/h4,7,9,11,15H,5-6,8H2,1-3H3. The number of aliphatic hydroxyl groups is 1. The van der Waals surface area contributed by atoms with E-state index in [-0.39, 0.29) is 11.5 Å². The fraction of sp³-hybridized carbons (Fsp3) is 0.750. The molecular weight excluding hydrogens is 188 g/mol. The summed E-state index contributed by atoms with van der Waals surface area (Å²) < 4.78 is 1.94. The molecule has 0 amide bonds. The van der Waals surface area contributed by atoms with E-state index in [0.717, 1.165) is 18.5 Å². The summed E-state index contributed by atoms with van der Waals surface area (Å²) >= 11 is 0. The first-order chi connectivity index (χ1) is 7.01. The van der Waals surface area contributed by atoms with E-state index in [9.17, 15) is 5.11 Å². The molecule has 1 aliphatic rings. The summed E-state index contributed by atoms with van der Waals surface area (Å²) in [7, 11) is 0. The Morgan fingerprint density at radius 1 is 1.53 bits per heavy atom. The molecule has 1 aromatic rings. The van der Waals surface area contributed by atoms with Crippen LogP contribution >= 0.6 is 0 Å². The second-order valence-corrected chi connectivity index (χ2v) is 5.25. The average molecular weight is 208 g/mol. The van der Waals surface area contributed by atoms with Crippen molar-refractivity contribution in [1.29, 1.82) is 0 Å². The smallest absolute Gasteiger partial charge is 0.0650 e. The van der Waals surface area contributed by atoms with Crippen LogP contribution in [0.2, 0.25) is 0 Å². The second-order valence-electron chi connectivity index (χ2n) is 5.25. The molecule has 0 spiro atoms. The van der Waals surface area contributed by atoms with E-state index in [1.165, 1.54) is 0 Å². The van der Waals surface area contributed by atoms with Crippen molar-refractivity contribution in [2.75, 3.05) is 0 Å². The molecule has 15 heavy (non-hydrogen) atoms. The zero-order valence-electron chi connectivity index (χ0n) is 9.77. The van der Waals surface area contributed by atoms with Gasteiger partial charge in [-0.15, -0.1) is 0 Å². The van der Waals surface area contributed by atoms with Crippen LogP contribution in [0.1, 0.15) is 45.3 Å². The Bertz CT molecular complexity index is 339. The largest absolute Gasteiger partial charge is 0.392 e. The summed E-state index contributed by atoms with van der Waals surface area (Å²) in [6.07, 6.45) is 4.75. The first kappa shape index (κ1) is 10.7. The van der Waals surface area contributed by atoms with Crippen LogP contribution in [0.3, 0.4) is 0 Å². The van der Waals surface area contributed by atoms with E-state index in [1.54, 1.807) is 0 Å². The van der Waals surface area contributed by atoms with Gasteiger partial charge < -0.3 is 5.11 Å². The number of nitrogens with zero attached hydrogens (tertiary/aromatic N) is 2. The predicted molar refractivity (Wildman–Crippen MR) is 59.7 cm³/mol. The van der Waals surface area contributed by atoms with Crippen molar-refractivity contribution in [2.45, 2.75) is 52.2 Å². The van der Waals surface area contributed by atoms with Crippen molar-refractivity contribution < 1.29 is 5.11 Å². The molecule has 84 valence electrons. The van der Waals surface area contributed by atoms with Crippen molar-refractivity contribution in [3.8, 4) is 0 Å². The number of hydrogen-bond acceptors (Lipinski definition) is 2. The highest BCUT2D eigenvalue weighted by atomic mass is 16.3. The number of aliphatic hydroxyl groups excluding tert-OH is 1. The summed E-state index contributed by atoms with van der Waals surface area (Å²) in [6, 6.07) is 2.40. The topological polar surface area (TPSA) is 38.0 Å². The van der Waals surface area contributed by atoms with Gasteiger partial charge in [0.2, 0.25) is 0 Å². The molecular formula is C12H20N2O. The molecule has 0 bridgehead atoms. The van der Waals surface area contributed by atoms with Crippen LogP contribution in [-0.2, 0) is 6.42 Å². The van der Waals surface area contributed by atoms with Gasteiger partial charge in [0.15, 0.2) is 0 Å². The predicted octanol–water partition coefficient (Wildman–Crippen LogP) is 2.17. The van der Waals surface area contributed by atoms with Crippen LogP contribution in [0.25, 0.3) is 0 Å². The van der Waals surface area contributed by atoms with Gasteiger partial charge in [-0.3, -0.25) is 4.68 Å². The Kier molecular flexibility index (Phi) is 2.59. The molecule has 1 atom stereocenters. The maximum absolute atomic E-state index is 10.0. The third kappa shape index (κ3) is 2.23. The molecule has 3 heteroatoms. The normalized spacial score (nSPS) is 20.6. The van der Waals surface area contributed by atoms with Gasteiger partial charge in [0.05, 0.1) is 11.8 Å². The minimum atomic E-state index is -0.229. The average Bonchev–Trinajstić information content (AvgIpc) is 2.76. The molecule has 1 aliphatic carbocycles. The number of aromatic nitrogens is 2. The summed E-state index contributed by atoms with van der Waals surface area (Å²) in [5.74, 6) is 0. The van der Waals surface area contributed by atoms with Crippen LogP contribution in [0, 0.1) is 5.41 Å². The molecule has 1 heterocycles. The van der Waals surface area contributed by atoms with Crippen LogP contribution in [0.15, 0.2) is 12.3 Å². The fourth-order valence-electron chi connectivity index (χ4n) is 1.75. The highest BCUT2D eigenvalue weighted by molar-refractivity contribution is 5.06. The van der Waals surface area contributed by atoms with Crippen LogP contribution < -0.4 is 0 Å². The van der Waals surface area contributed by atoms with Gasteiger partial charge >= 0.3 is 0 Å². The molecule has 1 N–H and O–H groups in total. The monoisotopic (exact) mass is 208 g/mol. The summed E-state index contributed by atoms with van der Waals surface area (Å²) in [6.45, 7) is 6.36. The van der Waals surface area contributed by atoms with Gasteiger partial charge in [0.1, 0.15) is 0 Å². The van der Waals surface area contributed by atoms with Crippen molar-refractivity contribution in [2.24, 2.45) is 5.41 Å². The first-order valence-electron chi connectivity index (χ1n) is 5.73. The maximum atomic E-state index is 10.0. The fourth-order valence-corrected chi connectivity index (χ4v) is 1.75. The van der Waals surface area contributed by atoms with Gasteiger partial charge in [-0.1, -0.05) is 6.92 Å². The van der Waals surface area contributed by atoms with Gasteiger partial charge in [0.25, 0.3) is 0 Å². The Hall–Kier alpha value is -0.830. The van der Waals surface area contributed by atoms with E-state index in [0.29, 0.717) is 12.5 Å². The van der Waals surface area contributed by atoms with Gasteiger partial charge in [-0.05, 0) is 38.2 Å². The second kappa shape index (κ2) is 3.63. The van der Waals surface area contributed by atoms with Gasteiger partial charge in [-0.25, -0.2) is 0 Å². The van der Waals surface area contributed by atoms with E-state index < -0.39 is 0 Å². The molecule has 3 nitrogen and oxygen atoms in total. The molecule has 0 radical (unpaired) electrons. The third-order valence-electron chi connectivity index (χ3n) is 3.44. The summed E-state index contributed by atoms with van der Waals surface area (Å²) in [5, 5.41) is 14.4. The lowest BCUT2D eigenvalue weighted by Gasteiger charge is -2.15. The molecule has 2 rings (SSSR count). The molecule has 1 fully saturated rings. The molecule has 0 saturated heterocycles. The van der Waals surface area contributed by atoms with Crippen LogP contribution in [0.5, 0.6) is 0 Å². The first-order valence-corrected chi connectivity index (χ1v) is 5.73.